The molecule has 196 valence electrons. The van der Waals surface area contributed by atoms with Gasteiger partial charge in [-0.3, -0.25) is 14.5 Å². The number of fused-ring (bicyclic) bond motifs is 3. The van der Waals surface area contributed by atoms with Crippen LogP contribution in [0.3, 0.4) is 0 Å². The van der Waals surface area contributed by atoms with E-state index in [1.165, 1.54) is 17.0 Å². The molecule has 2 amide bonds. The Morgan fingerprint density at radius 2 is 1.49 bits per heavy atom. The molecule has 0 unspecified atom stereocenters. The van der Waals surface area contributed by atoms with Crippen LogP contribution in [0.15, 0.2) is 91.0 Å². The monoisotopic (exact) mass is 567 g/mol. The predicted molar refractivity (Wildman–Crippen MR) is 144 cm³/mol. The number of anilines is 3. The molecule has 10 heteroatoms. The second kappa shape index (κ2) is 9.03. The van der Waals surface area contributed by atoms with Gasteiger partial charge in [-0.05, 0) is 48.5 Å². The van der Waals surface area contributed by atoms with E-state index in [1.54, 1.807) is 66.7 Å². The van der Waals surface area contributed by atoms with Crippen molar-refractivity contribution in [2.45, 2.75) is 18.4 Å². The first-order valence-electron chi connectivity index (χ1n) is 11.9. The van der Waals surface area contributed by atoms with E-state index in [2.05, 4.69) is 5.32 Å². The standard InChI is InChI=1S/C29H18Cl2F3N3O2/c30-22-11-6-12-23(31)20(22)16-36-25-14-4-2-10-21(25)28(27(36)39)35-24-13-3-1-9-19(24)26(38)37(28)18-8-5-7-17(15-18)29(32,33)34/h1-15,35H,16H2/t28-/m0/s1. The number of nitrogens with zero attached hydrogens (tertiary/aromatic N) is 2. The summed E-state index contributed by atoms with van der Waals surface area (Å²) >= 11 is 12.9. The molecule has 0 fully saturated rings. The Labute approximate surface area is 231 Å². The van der Waals surface area contributed by atoms with E-state index in [4.69, 9.17) is 23.2 Å². The lowest BCUT2D eigenvalue weighted by atomic mass is 9.92. The van der Waals surface area contributed by atoms with E-state index in [0.29, 0.717) is 32.5 Å². The van der Waals surface area contributed by atoms with Gasteiger partial charge in [-0.1, -0.05) is 65.7 Å². The van der Waals surface area contributed by atoms with Gasteiger partial charge in [0.1, 0.15) is 0 Å². The van der Waals surface area contributed by atoms with Crippen LogP contribution >= 0.6 is 23.2 Å². The molecular weight excluding hydrogens is 550 g/mol. The molecule has 4 aromatic rings. The van der Waals surface area contributed by atoms with Crippen LogP contribution in [0.25, 0.3) is 0 Å². The van der Waals surface area contributed by atoms with Crippen molar-refractivity contribution >= 4 is 52.1 Å². The number of carbonyl (C=O) groups is 2. The van der Waals surface area contributed by atoms with E-state index in [1.807, 2.05) is 0 Å². The van der Waals surface area contributed by atoms with Crippen LogP contribution < -0.4 is 15.1 Å². The van der Waals surface area contributed by atoms with Crippen LogP contribution in [0.4, 0.5) is 30.2 Å². The first kappa shape index (κ1) is 25.3. The molecule has 1 spiro atoms. The molecule has 5 nitrogen and oxygen atoms in total. The fourth-order valence-corrected chi connectivity index (χ4v) is 5.72. The molecule has 39 heavy (non-hydrogen) atoms. The van der Waals surface area contributed by atoms with Crippen LogP contribution in [-0.2, 0) is 23.2 Å². The van der Waals surface area contributed by atoms with Gasteiger partial charge in [-0.2, -0.15) is 13.2 Å². The minimum atomic E-state index is -4.65. The van der Waals surface area contributed by atoms with Gasteiger partial charge in [0.25, 0.3) is 11.8 Å². The first-order chi connectivity index (χ1) is 18.6. The quantitative estimate of drug-likeness (QED) is 0.279. The lowest BCUT2D eigenvalue weighted by Gasteiger charge is -2.45. The zero-order valence-corrected chi connectivity index (χ0v) is 21.5. The smallest absolute Gasteiger partial charge is 0.350 e. The van der Waals surface area contributed by atoms with Gasteiger partial charge in [0, 0.05) is 32.5 Å². The average Bonchev–Trinajstić information content (AvgIpc) is 3.13. The number of benzene rings is 4. The summed E-state index contributed by atoms with van der Waals surface area (Å²) in [5, 5.41) is 3.92. The molecule has 2 aliphatic rings. The maximum absolute atomic E-state index is 14.5. The van der Waals surface area contributed by atoms with Crippen LogP contribution in [0.1, 0.15) is 27.0 Å². The summed E-state index contributed by atoms with van der Waals surface area (Å²) in [6, 6.07) is 22.8. The summed E-state index contributed by atoms with van der Waals surface area (Å²) in [5.74, 6) is -1.19. The topological polar surface area (TPSA) is 52.7 Å². The SMILES string of the molecule is O=C1c2ccccc2N[C@]2(C(=O)N(Cc3c(Cl)cccc3Cl)c3ccccc32)N1c1cccc(C(F)(F)F)c1. The van der Waals surface area contributed by atoms with Crippen LogP contribution in [0.2, 0.25) is 10.0 Å². The third-order valence-corrected chi connectivity index (χ3v) is 7.67. The number of halogens is 5. The van der Waals surface area contributed by atoms with E-state index < -0.39 is 29.2 Å². The van der Waals surface area contributed by atoms with Crippen molar-refractivity contribution in [2.24, 2.45) is 0 Å². The number of hydrogen-bond acceptors (Lipinski definition) is 3. The molecule has 1 atom stereocenters. The van der Waals surface area contributed by atoms with Crippen molar-refractivity contribution in [3.05, 3.63) is 123 Å². The minimum absolute atomic E-state index is 0.0238. The number of alkyl halides is 3. The summed E-state index contributed by atoms with van der Waals surface area (Å²) in [6.45, 7) is -0.0238. The highest BCUT2D eigenvalue weighted by Gasteiger charge is 2.60. The number of hydrogen-bond donors (Lipinski definition) is 1. The summed E-state index contributed by atoms with van der Waals surface area (Å²) < 4.78 is 41.1. The first-order valence-corrected chi connectivity index (χ1v) is 12.6. The number of amides is 2. The van der Waals surface area contributed by atoms with Crippen LogP contribution in [0.5, 0.6) is 0 Å². The third kappa shape index (κ3) is 3.85. The zero-order chi connectivity index (χ0) is 27.5. The predicted octanol–water partition coefficient (Wildman–Crippen LogP) is 7.48. The molecule has 2 heterocycles. The normalized spacial score (nSPS) is 18.3. The molecule has 6 rings (SSSR count). The molecule has 0 saturated carbocycles. The van der Waals surface area contributed by atoms with Gasteiger partial charge < -0.3 is 10.2 Å². The highest BCUT2D eigenvalue weighted by Crippen LogP contribution is 2.50. The Bertz CT molecular complexity index is 1640. The van der Waals surface area contributed by atoms with Gasteiger partial charge in [0.05, 0.1) is 23.4 Å². The molecule has 2 aliphatic heterocycles. The number of nitrogens with one attached hydrogen (secondary N) is 1. The van der Waals surface area contributed by atoms with Gasteiger partial charge in [-0.25, -0.2) is 0 Å². The Morgan fingerprint density at radius 1 is 0.821 bits per heavy atom. The molecule has 0 bridgehead atoms. The molecule has 0 aromatic heterocycles. The summed E-state index contributed by atoms with van der Waals surface area (Å²) in [7, 11) is 0. The fraction of sp³-hybridized carbons (Fsp3) is 0.103. The van der Waals surface area contributed by atoms with Gasteiger partial charge in [0.2, 0.25) is 5.66 Å². The molecule has 1 N–H and O–H groups in total. The summed E-state index contributed by atoms with van der Waals surface area (Å²) in [5.41, 5.74) is -0.939. The number of carbonyl (C=O) groups excluding carboxylic acids is 2. The van der Waals surface area contributed by atoms with Crippen LogP contribution in [-0.4, -0.2) is 11.8 Å². The molecular formula is C29H18Cl2F3N3O2. The van der Waals surface area contributed by atoms with E-state index >= 15 is 0 Å². The number of para-hydroxylation sites is 2. The van der Waals surface area contributed by atoms with Crippen molar-refractivity contribution in [1.82, 2.24) is 0 Å². The molecule has 0 saturated heterocycles. The molecule has 0 radical (unpaired) electrons. The number of rotatable bonds is 3. The van der Waals surface area contributed by atoms with E-state index in [0.717, 1.165) is 17.0 Å². The molecule has 0 aliphatic carbocycles. The zero-order valence-electron chi connectivity index (χ0n) is 20.0. The Hall–Kier alpha value is -4.01. The Kier molecular flexibility index (Phi) is 5.86. The third-order valence-electron chi connectivity index (χ3n) is 6.96. The maximum Gasteiger partial charge on any atom is 0.416 e. The lowest BCUT2D eigenvalue weighted by Crippen LogP contribution is -2.63. The van der Waals surface area contributed by atoms with Gasteiger partial charge in [0.15, 0.2) is 0 Å². The van der Waals surface area contributed by atoms with Crippen LogP contribution in [0, 0.1) is 0 Å². The van der Waals surface area contributed by atoms with Crippen molar-refractivity contribution in [1.29, 1.82) is 0 Å². The summed E-state index contributed by atoms with van der Waals surface area (Å²) in [6.07, 6.45) is -4.65. The minimum Gasteiger partial charge on any atom is -0.350 e. The molecule has 4 aromatic carbocycles. The Morgan fingerprint density at radius 3 is 2.23 bits per heavy atom. The van der Waals surface area contributed by atoms with E-state index in [-0.39, 0.29) is 17.8 Å². The average molecular weight is 568 g/mol. The van der Waals surface area contributed by atoms with Gasteiger partial charge >= 0.3 is 6.18 Å². The Balaban J connectivity index is 1.59. The second-order valence-corrected chi connectivity index (χ2v) is 9.99. The van der Waals surface area contributed by atoms with Gasteiger partial charge in [-0.15, -0.1) is 0 Å². The largest absolute Gasteiger partial charge is 0.416 e. The highest BCUT2D eigenvalue weighted by atomic mass is 35.5. The lowest BCUT2D eigenvalue weighted by molar-refractivity contribution is -0.137. The fourth-order valence-electron chi connectivity index (χ4n) is 5.20. The maximum atomic E-state index is 14.5. The van der Waals surface area contributed by atoms with Crippen molar-refractivity contribution in [3.63, 3.8) is 0 Å². The van der Waals surface area contributed by atoms with Crippen molar-refractivity contribution < 1.29 is 22.8 Å². The summed E-state index contributed by atoms with van der Waals surface area (Å²) in [4.78, 5) is 31.2. The van der Waals surface area contributed by atoms with E-state index in [9.17, 15) is 22.8 Å². The second-order valence-electron chi connectivity index (χ2n) is 9.18. The van der Waals surface area contributed by atoms with Crippen molar-refractivity contribution in [2.75, 3.05) is 15.1 Å². The highest BCUT2D eigenvalue weighted by molar-refractivity contribution is 6.36. The van der Waals surface area contributed by atoms with Crippen molar-refractivity contribution in [3.8, 4) is 0 Å².